The van der Waals surface area contributed by atoms with Crippen LogP contribution in [0, 0.1) is 12.7 Å². The summed E-state index contributed by atoms with van der Waals surface area (Å²) in [6.07, 6.45) is 1.11. The molecule has 2 nitrogen and oxygen atoms in total. The third-order valence-electron chi connectivity index (χ3n) is 3.11. The van der Waals surface area contributed by atoms with E-state index in [4.69, 9.17) is 4.74 Å². The second-order valence-corrected chi connectivity index (χ2v) is 5.87. The quantitative estimate of drug-likeness (QED) is 0.723. The Kier molecular flexibility index (Phi) is 5.76. The fourth-order valence-corrected chi connectivity index (χ4v) is 2.36. The molecule has 0 unspecified atom stereocenters. The topological polar surface area (TPSA) is 21.3 Å². The monoisotopic (exact) mass is 351 g/mol. The summed E-state index contributed by atoms with van der Waals surface area (Å²) < 4.78 is 20.2. The molecule has 0 aliphatic rings. The van der Waals surface area contributed by atoms with Crippen molar-refractivity contribution in [3.8, 4) is 11.5 Å². The molecule has 0 aromatic heterocycles. The summed E-state index contributed by atoms with van der Waals surface area (Å²) in [5, 5.41) is 3.36. The number of nitrogens with one attached hydrogen (secondary N) is 1. The molecule has 0 aliphatic carbocycles. The number of aryl methyl sites for hydroxylation is 1. The van der Waals surface area contributed by atoms with Crippen LogP contribution in [0.3, 0.4) is 0 Å². The molecule has 2 rings (SSSR count). The molecule has 112 valence electrons. The highest BCUT2D eigenvalue weighted by Gasteiger charge is 2.08. The minimum absolute atomic E-state index is 0.226. The largest absolute Gasteiger partial charge is 0.454 e. The number of benzene rings is 2. The van der Waals surface area contributed by atoms with Crippen LogP contribution >= 0.6 is 15.9 Å². The summed E-state index contributed by atoms with van der Waals surface area (Å²) in [6.45, 7) is 5.94. The smallest absolute Gasteiger partial charge is 0.165 e. The Balaban J connectivity index is 2.12. The fourth-order valence-electron chi connectivity index (χ4n) is 2.02. The maximum absolute atomic E-state index is 13.7. The van der Waals surface area contributed by atoms with Gasteiger partial charge in [0.1, 0.15) is 5.75 Å². The van der Waals surface area contributed by atoms with Crippen molar-refractivity contribution in [2.45, 2.75) is 26.8 Å². The maximum atomic E-state index is 13.7. The molecule has 0 atom stereocenters. The maximum Gasteiger partial charge on any atom is 0.165 e. The van der Waals surface area contributed by atoms with Crippen LogP contribution in [0.4, 0.5) is 4.39 Å². The first-order valence-corrected chi connectivity index (χ1v) is 7.82. The van der Waals surface area contributed by atoms with Crippen molar-refractivity contribution in [2.24, 2.45) is 0 Å². The van der Waals surface area contributed by atoms with Gasteiger partial charge >= 0.3 is 0 Å². The van der Waals surface area contributed by atoms with Crippen molar-refractivity contribution in [2.75, 3.05) is 6.54 Å². The van der Waals surface area contributed by atoms with Gasteiger partial charge in [-0.05, 0) is 55.3 Å². The van der Waals surface area contributed by atoms with Gasteiger partial charge in [-0.1, -0.05) is 35.0 Å². The van der Waals surface area contributed by atoms with E-state index in [2.05, 4.69) is 34.2 Å². The van der Waals surface area contributed by atoms with Gasteiger partial charge in [0.15, 0.2) is 11.6 Å². The molecule has 21 heavy (non-hydrogen) atoms. The molecule has 2 aromatic rings. The van der Waals surface area contributed by atoms with E-state index in [1.165, 1.54) is 11.6 Å². The first-order valence-electron chi connectivity index (χ1n) is 7.03. The molecule has 0 radical (unpaired) electrons. The Bertz CT molecular complexity index is 616. The third-order valence-corrected chi connectivity index (χ3v) is 3.60. The van der Waals surface area contributed by atoms with Crippen LogP contribution in [0.2, 0.25) is 0 Å². The van der Waals surface area contributed by atoms with Gasteiger partial charge in [0, 0.05) is 11.0 Å². The molecule has 1 N–H and O–H groups in total. The van der Waals surface area contributed by atoms with Crippen LogP contribution in [0.25, 0.3) is 0 Å². The van der Waals surface area contributed by atoms with Gasteiger partial charge < -0.3 is 10.1 Å². The molecule has 0 heterocycles. The Morgan fingerprint density at radius 3 is 2.67 bits per heavy atom. The van der Waals surface area contributed by atoms with Gasteiger partial charge in [-0.25, -0.2) is 4.39 Å². The van der Waals surface area contributed by atoms with E-state index in [1.807, 2.05) is 19.1 Å². The van der Waals surface area contributed by atoms with Crippen molar-refractivity contribution in [3.05, 3.63) is 57.8 Å². The summed E-state index contributed by atoms with van der Waals surface area (Å²) in [7, 11) is 0. The fraction of sp³-hybridized carbons (Fsp3) is 0.294. The zero-order chi connectivity index (χ0) is 15.2. The van der Waals surface area contributed by atoms with E-state index >= 15 is 0 Å². The standard InChI is InChI=1S/C17H19BrFNO/c1-3-8-20-11-13-4-7-16(12(2)9-13)21-17-10-14(18)5-6-15(17)19/h4-7,9-10,20H,3,8,11H2,1-2H3. The molecule has 0 fully saturated rings. The van der Waals surface area contributed by atoms with Crippen LogP contribution in [-0.4, -0.2) is 6.54 Å². The number of hydrogen-bond acceptors (Lipinski definition) is 2. The van der Waals surface area contributed by atoms with E-state index < -0.39 is 0 Å². The Hall–Kier alpha value is -1.39. The highest BCUT2D eigenvalue weighted by Crippen LogP contribution is 2.30. The zero-order valence-electron chi connectivity index (χ0n) is 12.2. The van der Waals surface area contributed by atoms with Crippen LogP contribution < -0.4 is 10.1 Å². The molecule has 2 aromatic carbocycles. The molecule has 0 saturated heterocycles. The van der Waals surface area contributed by atoms with Crippen molar-refractivity contribution >= 4 is 15.9 Å². The molecule has 0 amide bonds. The van der Waals surface area contributed by atoms with Gasteiger partial charge in [0.25, 0.3) is 0 Å². The summed E-state index contributed by atoms with van der Waals surface area (Å²) >= 11 is 3.32. The van der Waals surface area contributed by atoms with Gasteiger partial charge in [-0.2, -0.15) is 0 Å². The van der Waals surface area contributed by atoms with Crippen LogP contribution in [0.15, 0.2) is 40.9 Å². The van der Waals surface area contributed by atoms with Crippen molar-refractivity contribution in [1.29, 1.82) is 0 Å². The average Bonchev–Trinajstić information content (AvgIpc) is 2.46. The highest BCUT2D eigenvalue weighted by atomic mass is 79.9. The number of ether oxygens (including phenoxy) is 1. The van der Waals surface area contributed by atoms with E-state index in [1.54, 1.807) is 12.1 Å². The van der Waals surface area contributed by atoms with Crippen LogP contribution in [-0.2, 0) is 6.54 Å². The lowest BCUT2D eigenvalue weighted by atomic mass is 10.1. The van der Waals surface area contributed by atoms with Crippen molar-refractivity contribution in [3.63, 3.8) is 0 Å². The Morgan fingerprint density at radius 2 is 1.95 bits per heavy atom. The molecule has 0 spiro atoms. The van der Waals surface area contributed by atoms with Gasteiger partial charge in [-0.3, -0.25) is 0 Å². The number of rotatable bonds is 6. The average molecular weight is 352 g/mol. The lowest BCUT2D eigenvalue weighted by Crippen LogP contribution is -2.13. The highest BCUT2D eigenvalue weighted by molar-refractivity contribution is 9.10. The van der Waals surface area contributed by atoms with Crippen molar-refractivity contribution in [1.82, 2.24) is 5.32 Å². The van der Waals surface area contributed by atoms with Gasteiger partial charge in [0.2, 0.25) is 0 Å². The minimum atomic E-state index is -0.369. The first-order chi connectivity index (χ1) is 10.1. The summed E-state index contributed by atoms with van der Waals surface area (Å²) in [4.78, 5) is 0. The van der Waals surface area contributed by atoms with Crippen LogP contribution in [0.5, 0.6) is 11.5 Å². The van der Waals surface area contributed by atoms with Crippen molar-refractivity contribution < 1.29 is 9.13 Å². The molecular weight excluding hydrogens is 333 g/mol. The third kappa shape index (κ3) is 4.55. The molecule has 0 bridgehead atoms. The van der Waals surface area contributed by atoms with E-state index in [9.17, 15) is 4.39 Å². The second kappa shape index (κ2) is 7.57. The summed E-state index contributed by atoms with van der Waals surface area (Å²) in [6, 6.07) is 10.6. The molecule has 4 heteroatoms. The van der Waals surface area contributed by atoms with Crippen LogP contribution in [0.1, 0.15) is 24.5 Å². The van der Waals surface area contributed by atoms with Gasteiger partial charge in [-0.15, -0.1) is 0 Å². The SMILES string of the molecule is CCCNCc1ccc(Oc2cc(Br)ccc2F)c(C)c1. The lowest BCUT2D eigenvalue weighted by molar-refractivity contribution is 0.439. The molecule has 0 aliphatic heterocycles. The predicted octanol–water partition coefficient (Wildman–Crippen LogP) is 5.19. The Morgan fingerprint density at radius 1 is 1.14 bits per heavy atom. The Labute approximate surface area is 133 Å². The van der Waals surface area contributed by atoms with E-state index in [0.29, 0.717) is 5.75 Å². The number of halogens is 2. The first kappa shape index (κ1) is 16.0. The summed E-state index contributed by atoms with van der Waals surface area (Å²) in [5.41, 5.74) is 2.19. The van der Waals surface area contributed by atoms with Gasteiger partial charge in [0.05, 0.1) is 0 Å². The van der Waals surface area contributed by atoms with E-state index in [0.717, 1.165) is 29.5 Å². The normalized spacial score (nSPS) is 10.7. The zero-order valence-corrected chi connectivity index (χ0v) is 13.8. The predicted molar refractivity (Wildman–Crippen MR) is 87.4 cm³/mol. The lowest BCUT2D eigenvalue weighted by Gasteiger charge is -2.11. The second-order valence-electron chi connectivity index (χ2n) is 4.95. The minimum Gasteiger partial charge on any atom is -0.454 e. The molecule has 0 saturated carbocycles. The summed E-state index contributed by atoms with van der Waals surface area (Å²) in [5.74, 6) is 0.530. The molecular formula is C17H19BrFNO. The number of hydrogen-bond donors (Lipinski definition) is 1. The van der Waals surface area contributed by atoms with E-state index in [-0.39, 0.29) is 11.6 Å².